The number of likely N-dealkylation sites (N-methyl/N-ethyl adjacent to an activating group) is 1. The fourth-order valence-electron chi connectivity index (χ4n) is 1.44. The number of nitrogens with one attached hydrogen (secondary N) is 1. The van der Waals surface area contributed by atoms with Crippen LogP contribution in [-0.2, 0) is 0 Å². The summed E-state index contributed by atoms with van der Waals surface area (Å²) >= 11 is 0. The summed E-state index contributed by atoms with van der Waals surface area (Å²) in [4.78, 5) is 2.03. The van der Waals surface area contributed by atoms with Gasteiger partial charge in [-0.3, -0.25) is 0 Å². The summed E-state index contributed by atoms with van der Waals surface area (Å²) in [5.41, 5.74) is 0. The van der Waals surface area contributed by atoms with Crippen molar-refractivity contribution in [1.82, 2.24) is 10.2 Å². The van der Waals surface area contributed by atoms with Crippen LogP contribution in [0.3, 0.4) is 0 Å². The molecule has 0 bridgehead atoms. The van der Waals surface area contributed by atoms with Crippen molar-refractivity contribution in [3.05, 3.63) is 24.3 Å². The van der Waals surface area contributed by atoms with Crippen molar-refractivity contribution >= 4 is 0 Å². The number of hydrogen-bond acceptors (Lipinski definition) is 4. The van der Waals surface area contributed by atoms with Gasteiger partial charge >= 0.3 is 6.36 Å². The standard InChI is InChI=1S/C13H19F3N2O2/c1-18(2)9-7-17-8-10-19-11-5-3-4-6-12(11)20-13(14,15)16/h3-6,17H,7-10H2,1-2H3. The SMILES string of the molecule is CN(C)CCNCCOc1ccccc1OC(F)(F)F. The summed E-state index contributed by atoms with van der Waals surface area (Å²) in [7, 11) is 3.92. The van der Waals surface area contributed by atoms with Crippen LogP contribution in [-0.4, -0.2) is 51.6 Å². The van der Waals surface area contributed by atoms with Crippen molar-refractivity contribution in [2.75, 3.05) is 40.3 Å². The van der Waals surface area contributed by atoms with Gasteiger partial charge < -0.3 is 19.7 Å². The summed E-state index contributed by atoms with van der Waals surface area (Å²) in [6.45, 7) is 2.49. The molecule has 0 heterocycles. The number of nitrogens with zero attached hydrogens (tertiary/aromatic N) is 1. The summed E-state index contributed by atoms with van der Waals surface area (Å²) in [5, 5.41) is 3.12. The third kappa shape index (κ3) is 7.20. The quantitative estimate of drug-likeness (QED) is 0.744. The van der Waals surface area contributed by atoms with Gasteiger partial charge in [-0.15, -0.1) is 13.2 Å². The Bertz CT molecular complexity index is 397. The molecule has 0 atom stereocenters. The van der Waals surface area contributed by atoms with Gasteiger partial charge in [-0.05, 0) is 26.2 Å². The Hall–Kier alpha value is -1.47. The monoisotopic (exact) mass is 292 g/mol. The van der Waals surface area contributed by atoms with E-state index in [1.54, 1.807) is 6.07 Å². The lowest BCUT2D eigenvalue weighted by Gasteiger charge is -2.14. The zero-order valence-corrected chi connectivity index (χ0v) is 11.5. The van der Waals surface area contributed by atoms with Crippen LogP contribution in [0.4, 0.5) is 13.2 Å². The molecule has 7 heteroatoms. The number of benzene rings is 1. The third-order valence-electron chi connectivity index (χ3n) is 2.35. The highest BCUT2D eigenvalue weighted by atomic mass is 19.4. The van der Waals surface area contributed by atoms with Crippen LogP contribution in [0.25, 0.3) is 0 Å². The van der Waals surface area contributed by atoms with Gasteiger partial charge in [-0.1, -0.05) is 12.1 Å². The number of rotatable bonds is 8. The van der Waals surface area contributed by atoms with Gasteiger partial charge in [0.1, 0.15) is 6.61 Å². The van der Waals surface area contributed by atoms with Crippen molar-refractivity contribution in [2.24, 2.45) is 0 Å². The zero-order valence-electron chi connectivity index (χ0n) is 11.5. The highest BCUT2D eigenvalue weighted by molar-refractivity contribution is 5.39. The van der Waals surface area contributed by atoms with Crippen molar-refractivity contribution in [1.29, 1.82) is 0 Å². The Balaban J connectivity index is 2.36. The molecule has 0 aromatic heterocycles. The van der Waals surface area contributed by atoms with Gasteiger partial charge in [0.05, 0.1) is 0 Å². The van der Waals surface area contributed by atoms with E-state index in [1.165, 1.54) is 18.2 Å². The first kappa shape index (κ1) is 16.6. The molecule has 1 aromatic carbocycles. The normalized spacial score (nSPS) is 11.7. The number of para-hydroxylation sites is 2. The van der Waals surface area contributed by atoms with Gasteiger partial charge in [0.2, 0.25) is 0 Å². The van der Waals surface area contributed by atoms with E-state index in [1.807, 2.05) is 19.0 Å². The minimum absolute atomic E-state index is 0.0826. The van der Waals surface area contributed by atoms with Crippen LogP contribution in [0, 0.1) is 0 Å². The number of alkyl halides is 3. The molecular weight excluding hydrogens is 273 g/mol. The average molecular weight is 292 g/mol. The van der Waals surface area contributed by atoms with Gasteiger partial charge in [-0.2, -0.15) is 0 Å². The van der Waals surface area contributed by atoms with Crippen LogP contribution in [0.5, 0.6) is 11.5 Å². The minimum atomic E-state index is -4.72. The smallest absolute Gasteiger partial charge is 0.488 e. The molecule has 1 N–H and O–H groups in total. The summed E-state index contributed by atoms with van der Waals surface area (Å²) in [5.74, 6) is -0.243. The van der Waals surface area contributed by atoms with Crippen LogP contribution < -0.4 is 14.8 Å². The van der Waals surface area contributed by atoms with Crippen molar-refractivity contribution in [3.63, 3.8) is 0 Å². The molecule has 4 nitrogen and oxygen atoms in total. The third-order valence-corrected chi connectivity index (χ3v) is 2.35. The highest BCUT2D eigenvalue weighted by Crippen LogP contribution is 2.31. The molecule has 0 aliphatic carbocycles. The lowest BCUT2D eigenvalue weighted by Crippen LogP contribution is -2.29. The molecule has 0 unspecified atom stereocenters. The van der Waals surface area contributed by atoms with Gasteiger partial charge in [-0.25, -0.2) is 0 Å². The van der Waals surface area contributed by atoms with Gasteiger partial charge in [0.25, 0.3) is 0 Å². The Morgan fingerprint density at radius 1 is 1.10 bits per heavy atom. The fourth-order valence-corrected chi connectivity index (χ4v) is 1.44. The van der Waals surface area contributed by atoms with Crippen LogP contribution >= 0.6 is 0 Å². The molecule has 0 amide bonds. The minimum Gasteiger partial charge on any atom is -0.488 e. The second-order valence-electron chi connectivity index (χ2n) is 4.40. The molecule has 0 fully saturated rings. The molecule has 114 valence electrons. The van der Waals surface area contributed by atoms with E-state index in [0.29, 0.717) is 6.54 Å². The number of halogens is 3. The van der Waals surface area contributed by atoms with Crippen molar-refractivity contribution < 1.29 is 22.6 Å². The number of hydrogen-bond donors (Lipinski definition) is 1. The van der Waals surface area contributed by atoms with E-state index in [0.717, 1.165) is 13.1 Å². The van der Waals surface area contributed by atoms with E-state index >= 15 is 0 Å². The molecule has 1 rings (SSSR count). The molecule has 20 heavy (non-hydrogen) atoms. The molecule has 0 aliphatic heterocycles. The maximum atomic E-state index is 12.2. The Morgan fingerprint density at radius 3 is 2.35 bits per heavy atom. The van der Waals surface area contributed by atoms with E-state index in [9.17, 15) is 13.2 Å². The first-order chi connectivity index (χ1) is 9.38. The van der Waals surface area contributed by atoms with Crippen LogP contribution in [0.15, 0.2) is 24.3 Å². The van der Waals surface area contributed by atoms with Crippen molar-refractivity contribution in [3.8, 4) is 11.5 Å². The van der Waals surface area contributed by atoms with E-state index in [-0.39, 0.29) is 18.1 Å². The second-order valence-corrected chi connectivity index (χ2v) is 4.40. The van der Waals surface area contributed by atoms with E-state index in [4.69, 9.17) is 4.74 Å². The first-order valence-electron chi connectivity index (χ1n) is 6.21. The molecule has 0 spiro atoms. The topological polar surface area (TPSA) is 33.7 Å². The predicted octanol–water partition coefficient (Wildman–Crippen LogP) is 2.12. The molecule has 1 aromatic rings. The summed E-state index contributed by atoms with van der Waals surface area (Å²) in [6.07, 6.45) is -4.72. The summed E-state index contributed by atoms with van der Waals surface area (Å²) < 4.78 is 45.8. The number of ether oxygens (including phenoxy) is 2. The molecular formula is C13H19F3N2O2. The van der Waals surface area contributed by atoms with Crippen LogP contribution in [0.1, 0.15) is 0 Å². The molecule has 0 saturated heterocycles. The Labute approximate surface area is 116 Å². The predicted molar refractivity (Wildman–Crippen MR) is 70.0 cm³/mol. The fraction of sp³-hybridized carbons (Fsp3) is 0.538. The van der Waals surface area contributed by atoms with Gasteiger partial charge in [0, 0.05) is 19.6 Å². The summed E-state index contributed by atoms with van der Waals surface area (Å²) in [6, 6.07) is 5.73. The zero-order chi connectivity index (χ0) is 15.0. The maximum Gasteiger partial charge on any atom is 0.573 e. The van der Waals surface area contributed by atoms with Crippen LogP contribution in [0.2, 0.25) is 0 Å². The van der Waals surface area contributed by atoms with Gasteiger partial charge in [0.15, 0.2) is 11.5 Å². The highest BCUT2D eigenvalue weighted by Gasteiger charge is 2.32. The first-order valence-corrected chi connectivity index (χ1v) is 6.21. The molecule has 0 aliphatic rings. The lowest BCUT2D eigenvalue weighted by molar-refractivity contribution is -0.275. The molecule has 0 radical (unpaired) electrons. The Morgan fingerprint density at radius 2 is 1.75 bits per heavy atom. The lowest BCUT2D eigenvalue weighted by atomic mass is 10.3. The van der Waals surface area contributed by atoms with E-state index in [2.05, 4.69) is 10.1 Å². The Kier molecular flexibility index (Phi) is 6.60. The molecule has 0 saturated carbocycles. The van der Waals surface area contributed by atoms with Crippen molar-refractivity contribution in [2.45, 2.75) is 6.36 Å². The average Bonchev–Trinajstić information content (AvgIpc) is 2.33. The second kappa shape index (κ2) is 7.96. The maximum absolute atomic E-state index is 12.2. The van der Waals surface area contributed by atoms with E-state index < -0.39 is 6.36 Å². The largest absolute Gasteiger partial charge is 0.573 e.